The lowest BCUT2D eigenvalue weighted by molar-refractivity contribution is -0.123. The zero-order valence-electron chi connectivity index (χ0n) is 17.0. The van der Waals surface area contributed by atoms with Gasteiger partial charge in [-0.25, -0.2) is 4.39 Å². The number of halogens is 4. The van der Waals surface area contributed by atoms with E-state index < -0.39 is 17.0 Å². The van der Waals surface area contributed by atoms with Crippen molar-refractivity contribution in [3.05, 3.63) is 90.8 Å². The predicted octanol–water partition coefficient (Wildman–Crippen LogP) is 7.43. The average Bonchev–Trinajstić information content (AvgIpc) is 3.16. The Bertz CT molecular complexity index is 1280. The third kappa shape index (κ3) is 4.20. The molecule has 0 aliphatic carbocycles. The normalized spacial score (nSPS) is 15.3. The van der Waals surface area contributed by atoms with Crippen LogP contribution >= 0.6 is 46.6 Å². The molecule has 164 valence electrons. The van der Waals surface area contributed by atoms with Crippen LogP contribution in [0.4, 0.5) is 9.18 Å². The van der Waals surface area contributed by atoms with Gasteiger partial charge < -0.3 is 4.57 Å². The van der Waals surface area contributed by atoms with Gasteiger partial charge in [0.1, 0.15) is 5.82 Å². The van der Waals surface area contributed by atoms with E-state index in [-0.39, 0.29) is 22.0 Å². The molecule has 0 atom stereocenters. The van der Waals surface area contributed by atoms with Gasteiger partial charge in [0.2, 0.25) is 0 Å². The summed E-state index contributed by atoms with van der Waals surface area (Å²) in [6.45, 7) is 3.61. The second-order valence-electron chi connectivity index (χ2n) is 7.23. The minimum atomic E-state index is -0.564. The van der Waals surface area contributed by atoms with Gasteiger partial charge in [0.25, 0.3) is 11.1 Å². The van der Waals surface area contributed by atoms with E-state index in [1.54, 1.807) is 18.2 Å². The summed E-state index contributed by atoms with van der Waals surface area (Å²) in [5.74, 6) is -1.05. The number of thioether (sulfide) groups is 1. The minimum Gasteiger partial charge on any atom is -0.318 e. The van der Waals surface area contributed by atoms with Crippen molar-refractivity contribution >= 4 is 63.8 Å². The second-order valence-corrected chi connectivity index (χ2v) is 9.44. The molecule has 4 nitrogen and oxygen atoms in total. The van der Waals surface area contributed by atoms with E-state index in [0.29, 0.717) is 10.0 Å². The Morgan fingerprint density at radius 2 is 1.75 bits per heavy atom. The number of aryl methyl sites for hydroxylation is 1. The molecule has 0 bridgehead atoms. The summed E-state index contributed by atoms with van der Waals surface area (Å²) >= 11 is 19.1. The first kappa shape index (κ1) is 22.9. The number of imide groups is 1. The molecule has 2 aromatic carbocycles. The van der Waals surface area contributed by atoms with Gasteiger partial charge in [-0.05, 0) is 73.6 Å². The van der Waals surface area contributed by atoms with Gasteiger partial charge in [-0.1, -0.05) is 40.9 Å². The zero-order chi connectivity index (χ0) is 23.2. The van der Waals surface area contributed by atoms with E-state index >= 15 is 0 Å². The molecule has 0 saturated carbocycles. The van der Waals surface area contributed by atoms with Crippen LogP contribution in [0.15, 0.2) is 47.4 Å². The second kappa shape index (κ2) is 8.94. The van der Waals surface area contributed by atoms with Crippen LogP contribution in [0.25, 0.3) is 11.8 Å². The number of carbonyl (C=O) groups excluding carboxylic acids is 2. The SMILES string of the molecule is Cc1cc(/C=C2\SC(=O)N(Cc3c(F)cccc3Cl)C2=O)c(C)n1-c1ccc(Cl)c(Cl)c1. The quantitative estimate of drug-likeness (QED) is 0.343. The number of nitrogens with zero attached hydrogens (tertiary/aromatic N) is 2. The predicted molar refractivity (Wildman–Crippen MR) is 128 cm³/mol. The lowest BCUT2D eigenvalue weighted by Gasteiger charge is -2.14. The number of hydrogen-bond acceptors (Lipinski definition) is 3. The van der Waals surface area contributed by atoms with Gasteiger partial charge in [-0.3, -0.25) is 14.5 Å². The third-order valence-electron chi connectivity index (χ3n) is 5.17. The molecule has 0 N–H and O–H groups in total. The topological polar surface area (TPSA) is 42.3 Å². The first-order valence-corrected chi connectivity index (χ1v) is 11.4. The average molecular weight is 510 g/mol. The van der Waals surface area contributed by atoms with Crippen molar-refractivity contribution in [2.45, 2.75) is 20.4 Å². The molecule has 2 heterocycles. The molecule has 2 amide bonds. The number of hydrogen-bond donors (Lipinski definition) is 0. The number of carbonyl (C=O) groups is 2. The highest BCUT2D eigenvalue weighted by Gasteiger charge is 2.36. The van der Waals surface area contributed by atoms with Crippen LogP contribution < -0.4 is 0 Å². The molecule has 1 fully saturated rings. The van der Waals surface area contributed by atoms with Crippen molar-refractivity contribution in [3.63, 3.8) is 0 Å². The first-order chi connectivity index (χ1) is 15.2. The van der Waals surface area contributed by atoms with E-state index in [1.165, 1.54) is 18.2 Å². The van der Waals surface area contributed by atoms with E-state index in [9.17, 15) is 14.0 Å². The van der Waals surface area contributed by atoms with Crippen LogP contribution in [-0.4, -0.2) is 20.6 Å². The minimum absolute atomic E-state index is 0.107. The third-order valence-corrected chi connectivity index (χ3v) is 7.17. The maximum atomic E-state index is 14.1. The fourth-order valence-electron chi connectivity index (χ4n) is 3.57. The Morgan fingerprint density at radius 3 is 2.44 bits per heavy atom. The summed E-state index contributed by atoms with van der Waals surface area (Å²) in [4.78, 5) is 26.7. The summed E-state index contributed by atoms with van der Waals surface area (Å²) in [7, 11) is 0. The van der Waals surface area contributed by atoms with E-state index in [1.807, 2.05) is 30.5 Å². The van der Waals surface area contributed by atoms with Crippen LogP contribution in [-0.2, 0) is 11.3 Å². The zero-order valence-corrected chi connectivity index (χ0v) is 20.0. The van der Waals surface area contributed by atoms with Crippen LogP contribution in [0.1, 0.15) is 22.5 Å². The molecule has 1 aliphatic rings. The Morgan fingerprint density at radius 1 is 1.00 bits per heavy atom. The lowest BCUT2D eigenvalue weighted by atomic mass is 10.2. The Balaban J connectivity index is 1.66. The number of aromatic nitrogens is 1. The maximum Gasteiger partial charge on any atom is 0.293 e. The van der Waals surface area contributed by atoms with Crippen molar-refractivity contribution in [1.29, 1.82) is 0 Å². The lowest BCUT2D eigenvalue weighted by Crippen LogP contribution is -2.28. The van der Waals surface area contributed by atoms with Gasteiger partial charge in [0.05, 0.1) is 21.5 Å². The molecular weight excluding hydrogens is 494 g/mol. The Labute approximate surface area is 203 Å². The summed E-state index contributed by atoms with van der Waals surface area (Å²) in [6.07, 6.45) is 1.67. The summed E-state index contributed by atoms with van der Waals surface area (Å²) in [6, 6.07) is 11.5. The Hall–Kier alpha value is -2.25. The highest BCUT2D eigenvalue weighted by atomic mass is 35.5. The highest BCUT2D eigenvalue weighted by Crippen LogP contribution is 2.36. The van der Waals surface area contributed by atoms with Crippen molar-refractivity contribution in [1.82, 2.24) is 9.47 Å². The van der Waals surface area contributed by atoms with E-state index in [4.69, 9.17) is 34.8 Å². The van der Waals surface area contributed by atoms with Gasteiger partial charge in [0.15, 0.2) is 0 Å². The molecule has 0 unspecified atom stereocenters. The summed E-state index contributed by atoms with van der Waals surface area (Å²) in [5, 5.41) is 0.588. The molecular formula is C23H16Cl3FN2O2S. The fraction of sp³-hybridized carbons (Fsp3) is 0.130. The molecule has 0 spiro atoms. The Kier molecular flexibility index (Phi) is 6.41. The van der Waals surface area contributed by atoms with Crippen LogP contribution in [0.3, 0.4) is 0 Å². The number of benzene rings is 2. The molecule has 4 rings (SSSR count). The van der Waals surface area contributed by atoms with E-state index in [0.717, 1.165) is 39.3 Å². The monoisotopic (exact) mass is 508 g/mol. The fourth-order valence-corrected chi connectivity index (χ4v) is 4.92. The number of amides is 2. The van der Waals surface area contributed by atoms with Gasteiger partial charge in [-0.15, -0.1) is 0 Å². The number of rotatable bonds is 4. The van der Waals surface area contributed by atoms with Crippen LogP contribution in [0.5, 0.6) is 0 Å². The van der Waals surface area contributed by atoms with Gasteiger partial charge >= 0.3 is 0 Å². The van der Waals surface area contributed by atoms with Gasteiger partial charge in [0, 0.05) is 27.7 Å². The van der Waals surface area contributed by atoms with Crippen LogP contribution in [0.2, 0.25) is 15.1 Å². The summed E-state index contributed by atoms with van der Waals surface area (Å²) in [5.41, 5.74) is 3.50. The molecule has 0 radical (unpaired) electrons. The molecule has 1 aliphatic heterocycles. The highest BCUT2D eigenvalue weighted by molar-refractivity contribution is 8.18. The maximum absolute atomic E-state index is 14.1. The first-order valence-electron chi connectivity index (χ1n) is 9.50. The summed E-state index contributed by atoms with van der Waals surface area (Å²) < 4.78 is 16.1. The van der Waals surface area contributed by atoms with Crippen LogP contribution in [0, 0.1) is 19.7 Å². The van der Waals surface area contributed by atoms with E-state index in [2.05, 4.69) is 0 Å². The molecule has 1 saturated heterocycles. The largest absolute Gasteiger partial charge is 0.318 e. The molecule has 32 heavy (non-hydrogen) atoms. The van der Waals surface area contributed by atoms with Gasteiger partial charge in [-0.2, -0.15) is 0 Å². The van der Waals surface area contributed by atoms with Crippen molar-refractivity contribution in [2.24, 2.45) is 0 Å². The molecule has 9 heteroatoms. The molecule has 3 aromatic rings. The van der Waals surface area contributed by atoms with Crippen molar-refractivity contribution < 1.29 is 14.0 Å². The smallest absolute Gasteiger partial charge is 0.293 e. The standard InChI is InChI=1S/C23H16Cl3FN2O2S/c1-12-8-14(13(2)29(12)15-6-7-18(25)19(26)10-15)9-21-22(30)28(23(31)32-21)11-16-17(24)4-3-5-20(16)27/h3-10H,11H2,1-2H3/b21-9-. The van der Waals surface area contributed by atoms with Crippen molar-refractivity contribution in [2.75, 3.05) is 0 Å². The molecule has 1 aromatic heterocycles. The van der Waals surface area contributed by atoms with Crippen molar-refractivity contribution in [3.8, 4) is 5.69 Å².